The molecule has 0 aliphatic carbocycles. The van der Waals surface area contributed by atoms with Gasteiger partial charge in [0.2, 0.25) is 0 Å². The van der Waals surface area contributed by atoms with Gasteiger partial charge in [0.05, 0.1) is 25.3 Å². The number of carbonyl (C=O) groups excluding carboxylic acids is 2. The molecule has 146 valence electrons. The molecule has 4 rings (SSSR count). The lowest BCUT2D eigenvalue weighted by Crippen LogP contribution is -2.29. The van der Waals surface area contributed by atoms with Crippen LogP contribution in [-0.4, -0.2) is 26.2 Å². The fourth-order valence-corrected chi connectivity index (χ4v) is 3.88. The first-order valence-electron chi connectivity index (χ1n) is 9.18. The Balaban J connectivity index is 1.96. The fraction of sp³-hybridized carbons (Fsp3) is 0.167. The zero-order chi connectivity index (χ0) is 20.6. The summed E-state index contributed by atoms with van der Waals surface area (Å²) < 4.78 is 15.8. The van der Waals surface area contributed by atoms with Crippen LogP contribution in [0, 0.1) is 0 Å². The molecule has 0 saturated carbocycles. The van der Waals surface area contributed by atoms with E-state index in [0.29, 0.717) is 22.6 Å². The van der Waals surface area contributed by atoms with Crippen molar-refractivity contribution in [2.75, 3.05) is 14.2 Å². The zero-order valence-corrected chi connectivity index (χ0v) is 16.4. The van der Waals surface area contributed by atoms with Gasteiger partial charge in [-0.2, -0.15) is 0 Å². The maximum Gasteiger partial charge on any atom is 0.337 e. The summed E-state index contributed by atoms with van der Waals surface area (Å²) in [5.74, 6) is 0.224. The monoisotopic (exact) mass is 388 g/mol. The third-order valence-electron chi connectivity index (χ3n) is 5.45. The first-order chi connectivity index (χ1) is 14.0. The van der Waals surface area contributed by atoms with E-state index >= 15 is 0 Å². The van der Waals surface area contributed by atoms with E-state index in [2.05, 4.69) is 19.1 Å². The molecule has 0 atom stereocenters. The lowest BCUT2D eigenvalue weighted by molar-refractivity contribution is 0.0592. The molecule has 29 heavy (non-hydrogen) atoms. The fourth-order valence-electron chi connectivity index (χ4n) is 3.88. The topological polar surface area (TPSA) is 61.8 Å². The molecule has 1 heterocycles. The summed E-state index contributed by atoms with van der Waals surface area (Å²) in [6.45, 7) is 2.11. The number of carbonyl (C=O) groups is 2. The molecule has 3 aromatic carbocycles. The molecular formula is C24H20O5. The van der Waals surface area contributed by atoms with Crippen LogP contribution in [0.4, 0.5) is 0 Å². The van der Waals surface area contributed by atoms with Crippen molar-refractivity contribution in [2.45, 2.75) is 12.3 Å². The molecule has 0 radical (unpaired) electrons. The molecule has 1 aliphatic rings. The molecule has 0 saturated heterocycles. The molecule has 0 bridgehead atoms. The standard InChI is InChI=1S/C24H20O5/c1-24(17-7-5-4-6-8-17)18-11-9-15(22(25)27-2)13-20(18)29-21-14-16(23(26)28-3)10-12-19(21)24/h4-14H,1-3H3. The summed E-state index contributed by atoms with van der Waals surface area (Å²) in [5.41, 5.74) is 3.18. The largest absolute Gasteiger partial charge is 0.465 e. The summed E-state index contributed by atoms with van der Waals surface area (Å²) in [4.78, 5) is 24.0. The highest BCUT2D eigenvalue weighted by Crippen LogP contribution is 2.51. The molecule has 0 spiro atoms. The highest BCUT2D eigenvalue weighted by atomic mass is 16.5. The smallest absolute Gasteiger partial charge is 0.337 e. The Kier molecular flexibility index (Phi) is 4.59. The maximum absolute atomic E-state index is 12.0. The number of hydrogen-bond donors (Lipinski definition) is 0. The third-order valence-corrected chi connectivity index (χ3v) is 5.45. The van der Waals surface area contributed by atoms with Crippen molar-refractivity contribution in [3.8, 4) is 11.5 Å². The van der Waals surface area contributed by atoms with Crippen LogP contribution in [0.3, 0.4) is 0 Å². The second kappa shape index (κ2) is 7.09. The van der Waals surface area contributed by atoms with Gasteiger partial charge in [-0.15, -0.1) is 0 Å². The molecule has 5 heteroatoms. The van der Waals surface area contributed by atoms with Crippen LogP contribution < -0.4 is 4.74 Å². The number of ether oxygens (including phenoxy) is 3. The zero-order valence-electron chi connectivity index (χ0n) is 16.4. The van der Waals surface area contributed by atoms with E-state index in [-0.39, 0.29) is 0 Å². The van der Waals surface area contributed by atoms with Gasteiger partial charge in [0.25, 0.3) is 0 Å². The van der Waals surface area contributed by atoms with Gasteiger partial charge in [-0.3, -0.25) is 0 Å². The highest BCUT2D eigenvalue weighted by molar-refractivity contribution is 5.91. The van der Waals surface area contributed by atoms with Crippen LogP contribution >= 0.6 is 0 Å². The van der Waals surface area contributed by atoms with Gasteiger partial charge in [0.15, 0.2) is 0 Å². The van der Waals surface area contributed by atoms with Crippen molar-refractivity contribution >= 4 is 11.9 Å². The second-order valence-electron chi connectivity index (χ2n) is 7.00. The first kappa shape index (κ1) is 18.7. The number of methoxy groups -OCH3 is 2. The van der Waals surface area contributed by atoms with E-state index in [1.807, 2.05) is 30.3 Å². The Morgan fingerprint density at radius 2 is 1.24 bits per heavy atom. The normalized spacial score (nSPS) is 13.5. The van der Waals surface area contributed by atoms with Gasteiger partial charge in [-0.25, -0.2) is 9.59 Å². The van der Waals surface area contributed by atoms with E-state index in [1.165, 1.54) is 14.2 Å². The summed E-state index contributed by atoms with van der Waals surface area (Å²) in [7, 11) is 2.68. The summed E-state index contributed by atoms with van der Waals surface area (Å²) in [6, 6.07) is 20.7. The summed E-state index contributed by atoms with van der Waals surface area (Å²) in [5, 5.41) is 0. The molecule has 0 N–H and O–H groups in total. The van der Waals surface area contributed by atoms with Crippen LogP contribution in [0.15, 0.2) is 66.7 Å². The Bertz CT molecular complexity index is 1040. The molecule has 1 aliphatic heterocycles. The minimum atomic E-state index is -0.534. The molecule has 3 aromatic rings. The Morgan fingerprint density at radius 1 is 0.759 bits per heavy atom. The van der Waals surface area contributed by atoms with Gasteiger partial charge >= 0.3 is 11.9 Å². The number of esters is 2. The van der Waals surface area contributed by atoms with Gasteiger partial charge < -0.3 is 14.2 Å². The van der Waals surface area contributed by atoms with E-state index in [4.69, 9.17) is 14.2 Å². The highest BCUT2D eigenvalue weighted by Gasteiger charge is 2.40. The third kappa shape index (κ3) is 2.95. The van der Waals surface area contributed by atoms with E-state index in [1.54, 1.807) is 24.3 Å². The van der Waals surface area contributed by atoms with Crippen LogP contribution in [0.25, 0.3) is 0 Å². The van der Waals surface area contributed by atoms with Crippen LogP contribution in [0.1, 0.15) is 44.3 Å². The minimum absolute atomic E-state index is 0.397. The van der Waals surface area contributed by atoms with Crippen molar-refractivity contribution in [1.29, 1.82) is 0 Å². The predicted molar refractivity (Wildman–Crippen MR) is 108 cm³/mol. The summed E-state index contributed by atoms with van der Waals surface area (Å²) >= 11 is 0. The summed E-state index contributed by atoms with van der Waals surface area (Å²) in [6.07, 6.45) is 0. The van der Waals surface area contributed by atoms with Crippen molar-refractivity contribution in [3.63, 3.8) is 0 Å². The Morgan fingerprint density at radius 3 is 1.69 bits per heavy atom. The number of rotatable bonds is 3. The lowest BCUT2D eigenvalue weighted by Gasteiger charge is -2.38. The number of hydrogen-bond acceptors (Lipinski definition) is 5. The van der Waals surface area contributed by atoms with Crippen molar-refractivity contribution < 1.29 is 23.8 Å². The first-order valence-corrected chi connectivity index (χ1v) is 9.18. The second-order valence-corrected chi connectivity index (χ2v) is 7.00. The van der Waals surface area contributed by atoms with Crippen LogP contribution in [0.2, 0.25) is 0 Å². The predicted octanol–water partition coefficient (Wildman–Crippen LogP) is 4.72. The van der Waals surface area contributed by atoms with E-state index in [9.17, 15) is 9.59 Å². The molecule has 0 amide bonds. The maximum atomic E-state index is 12.0. The van der Waals surface area contributed by atoms with Gasteiger partial charge in [-0.05, 0) is 36.8 Å². The van der Waals surface area contributed by atoms with Crippen molar-refractivity contribution in [1.82, 2.24) is 0 Å². The van der Waals surface area contributed by atoms with Gasteiger partial charge in [-0.1, -0.05) is 42.5 Å². The molecule has 5 nitrogen and oxygen atoms in total. The van der Waals surface area contributed by atoms with Crippen LogP contribution in [-0.2, 0) is 14.9 Å². The SMILES string of the molecule is COC(=O)c1ccc2c(c1)Oc1cc(C(=O)OC)ccc1C2(C)c1ccccc1. The lowest BCUT2D eigenvalue weighted by atomic mass is 9.69. The molecular weight excluding hydrogens is 368 g/mol. The van der Waals surface area contributed by atoms with Crippen molar-refractivity contribution in [2.24, 2.45) is 0 Å². The van der Waals surface area contributed by atoms with E-state index < -0.39 is 17.4 Å². The average Bonchev–Trinajstić information content (AvgIpc) is 2.77. The number of fused-ring (bicyclic) bond motifs is 2. The van der Waals surface area contributed by atoms with E-state index in [0.717, 1.165) is 16.7 Å². The average molecular weight is 388 g/mol. The Labute approximate surface area is 168 Å². The van der Waals surface area contributed by atoms with Gasteiger partial charge in [0.1, 0.15) is 11.5 Å². The van der Waals surface area contributed by atoms with Gasteiger partial charge in [0, 0.05) is 16.5 Å². The van der Waals surface area contributed by atoms with Crippen molar-refractivity contribution in [3.05, 3.63) is 94.5 Å². The molecule has 0 unspecified atom stereocenters. The van der Waals surface area contributed by atoms with Crippen LogP contribution in [0.5, 0.6) is 11.5 Å². The molecule has 0 fully saturated rings. The minimum Gasteiger partial charge on any atom is -0.465 e. The number of benzene rings is 3. The Hall–Kier alpha value is -3.60. The quantitative estimate of drug-likeness (QED) is 0.608. The molecule has 0 aromatic heterocycles.